The molecule has 5 heteroatoms. The highest BCUT2D eigenvalue weighted by Crippen LogP contribution is 2.26. The first-order valence-electron chi connectivity index (χ1n) is 7.89. The van der Waals surface area contributed by atoms with Crippen molar-refractivity contribution in [2.75, 3.05) is 13.1 Å². The highest BCUT2D eigenvalue weighted by atomic mass is 32.2. The monoisotopic (exact) mass is 343 g/mol. The zero-order chi connectivity index (χ0) is 17.3. The molecule has 0 spiro atoms. The normalized spacial score (nSPS) is 19.1. The van der Waals surface area contributed by atoms with Gasteiger partial charge < -0.3 is 5.11 Å². The van der Waals surface area contributed by atoms with Crippen molar-refractivity contribution >= 4 is 15.6 Å². The zero-order valence-corrected chi connectivity index (χ0v) is 14.6. The molecule has 1 unspecified atom stereocenters. The lowest BCUT2D eigenvalue weighted by molar-refractivity contribution is 0.186. The number of aliphatic hydroxyl groups excluding tert-OH is 1. The highest BCUT2D eigenvalue weighted by molar-refractivity contribution is 7.89. The van der Waals surface area contributed by atoms with E-state index >= 15 is 0 Å². The van der Waals surface area contributed by atoms with Crippen LogP contribution in [0.25, 0.3) is 5.57 Å². The van der Waals surface area contributed by atoms with Crippen molar-refractivity contribution in [3.63, 3.8) is 0 Å². The first-order valence-corrected chi connectivity index (χ1v) is 9.33. The topological polar surface area (TPSA) is 57.6 Å². The quantitative estimate of drug-likeness (QED) is 0.932. The molecule has 0 radical (unpaired) electrons. The minimum atomic E-state index is -3.63. The van der Waals surface area contributed by atoms with Gasteiger partial charge in [-0.15, -0.1) is 0 Å². The van der Waals surface area contributed by atoms with Crippen molar-refractivity contribution in [2.45, 2.75) is 24.8 Å². The van der Waals surface area contributed by atoms with E-state index in [2.05, 4.69) is 0 Å². The molecule has 0 fully saturated rings. The lowest BCUT2D eigenvalue weighted by atomic mass is 10.00. The Morgan fingerprint density at radius 3 is 2.42 bits per heavy atom. The van der Waals surface area contributed by atoms with Crippen LogP contribution in [0.4, 0.5) is 0 Å². The Kier molecular flexibility index (Phi) is 4.58. The van der Waals surface area contributed by atoms with E-state index in [1.807, 2.05) is 38.1 Å². The summed E-state index contributed by atoms with van der Waals surface area (Å²) < 4.78 is 27.1. The first-order chi connectivity index (χ1) is 11.4. The van der Waals surface area contributed by atoms with Crippen LogP contribution in [0.1, 0.15) is 16.7 Å². The van der Waals surface area contributed by atoms with Crippen molar-refractivity contribution in [1.29, 1.82) is 0 Å². The predicted molar refractivity (Wildman–Crippen MR) is 95.1 cm³/mol. The second kappa shape index (κ2) is 6.51. The van der Waals surface area contributed by atoms with E-state index in [0.29, 0.717) is 0 Å². The molecule has 1 aliphatic rings. The van der Waals surface area contributed by atoms with E-state index < -0.39 is 16.1 Å². The molecule has 1 aliphatic heterocycles. The van der Waals surface area contributed by atoms with Crippen LogP contribution in [0.2, 0.25) is 0 Å². The number of aryl methyl sites for hydroxylation is 2. The van der Waals surface area contributed by atoms with Gasteiger partial charge in [0, 0.05) is 13.1 Å². The Balaban J connectivity index is 1.93. The molecule has 1 N–H and O–H groups in total. The van der Waals surface area contributed by atoms with Gasteiger partial charge in [0.15, 0.2) is 0 Å². The number of aliphatic hydroxyl groups is 1. The second-order valence-corrected chi connectivity index (χ2v) is 8.18. The molecule has 126 valence electrons. The number of sulfonamides is 1. The molecule has 24 heavy (non-hydrogen) atoms. The van der Waals surface area contributed by atoms with Crippen LogP contribution in [0.15, 0.2) is 59.5 Å². The summed E-state index contributed by atoms with van der Waals surface area (Å²) >= 11 is 0. The van der Waals surface area contributed by atoms with Gasteiger partial charge in [0.2, 0.25) is 10.0 Å². The van der Waals surface area contributed by atoms with Gasteiger partial charge in [0.25, 0.3) is 0 Å². The van der Waals surface area contributed by atoms with E-state index in [0.717, 1.165) is 22.3 Å². The summed E-state index contributed by atoms with van der Waals surface area (Å²) in [6.45, 7) is 4.24. The van der Waals surface area contributed by atoms with Gasteiger partial charge in [-0.1, -0.05) is 47.5 Å². The minimum absolute atomic E-state index is 0.0749. The fourth-order valence-corrected chi connectivity index (χ4v) is 4.31. The van der Waals surface area contributed by atoms with Gasteiger partial charge in [0.05, 0.1) is 11.0 Å². The molecule has 4 nitrogen and oxygen atoms in total. The molecule has 1 atom stereocenters. The lowest BCUT2D eigenvalue weighted by Gasteiger charge is -2.29. The summed E-state index contributed by atoms with van der Waals surface area (Å²) in [4.78, 5) is 0.255. The average Bonchev–Trinajstić information content (AvgIpc) is 2.54. The Morgan fingerprint density at radius 2 is 1.75 bits per heavy atom. The van der Waals surface area contributed by atoms with E-state index in [9.17, 15) is 13.5 Å². The SMILES string of the molecule is Cc1ccc(S(=O)(=O)N2CC(c3cccc(C)c3)=CC(O)C2)cc1. The number of β-amino-alcohol motifs (C(OH)–C–C–N with tert-alkyl or cyclic N) is 1. The molecule has 0 saturated heterocycles. The van der Waals surface area contributed by atoms with Crippen LogP contribution < -0.4 is 0 Å². The average molecular weight is 343 g/mol. The summed E-state index contributed by atoms with van der Waals surface area (Å²) in [6, 6.07) is 14.7. The third-order valence-corrected chi connectivity index (χ3v) is 6.00. The third kappa shape index (κ3) is 3.43. The van der Waals surface area contributed by atoms with Crippen LogP contribution in [0.3, 0.4) is 0 Å². The molecule has 3 rings (SSSR count). The zero-order valence-electron chi connectivity index (χ0n) is 13.8. The molecule has 0 aromatic heterocycles. The molecule has 0 aliphatic carbocycles. The Bertz CT molecular complexity index is 870. The molecule has 1 heterocycles. The molecular formula is C19H21NO3S. The van der Waals surface area contributed by atoms with Crippen molar-refractivity contribution in [2.24, 2.45) is 0 Å². The van der Waals surface area contributed by atoms with Crippen LogP contribution in [0, 0.1) is 13.8 Å². The summed E-state index contributed by atoms with van der Waals surface area (Å²) in [5.74, 6) is 0. The van der Waals surface area contributed by atoms with E-state index in [1.54, 1.807) is 30.3 Å². The largest absolute Gasteiger partial charge is 0.388 e. The van der Waals surface area contributed by atoms with Crippen LogP contribution in [-0.4, -0.2) is 37.0 Å². The number of benzene rings is 2. The van der Waals surface area contributed by atoms with Crippen LogP contribution >= 0.6 is 0 Å². The van der Waals surface area contributed by atoms with Gasteiger partial charge in [0.1, 0.15) is 0 Å². The van der Waals surface area contributed by atoms with Gasteiger partial charge >= 0.3 is 0 Å². The van der Waals surface area contributed by atoms with Gasteiger partial charge in [-0.25, -0.2) is 8.42 Å². The van der Waals surface area contributed by atoms with Gasteiger partial charge in [-0.3, -0.25) is 0 Å². The molecule has 0 amide bonds. The second-order valence-electron chi connectivity index (χ2n) is 6.24. The number of hydrogen-bond donors (Lipinski definition) is 1. The van der Waals surface area contributed by atoms with Crippen LogP contribution in [0.5, 0.6) is 0 Å². The molecule has 2 aromatic carbocycles. The first kappa shape index (κ1) is 16.9. The lowest BCUT2D eigenvalue weighted by Crippen LogP contribution is -2.41. The highest BCUT2D eigenvalue weighted by Gasteiger charge is 2.30. The standard InChI is InChI=1S/C19H21NO3S/c1-14-6-8-19(9-7-14)24(22,23)20-12-17(11-18(21)13-20)16-5-3-4-15(2)10-16/h3-11,18,21H,12-13H2,1-2H3. The fraction of sp³-hybridized carbons (Fsp3) is 0.263. The Hall–Kier alpha value is -1.95. The fourth-order valence-electron chi connectivity index (χ4n) is 2.88. The van der Waals surface area contributed by atoms with Crippen molar-refractivity contribution in [3.8, 4) is 0 Å². The van der Waals surface area contributed by atoms with E-state index in [-0.39, 0.29) is 18.0 Å². The van der Waals surface area contributed by atoms with Gasteiger partial charge in [-0.05, 0) is 43.2 Å². The molecule has 0 bridgehead atoms. The molecular weight excluding hydrogens is 322 g/mol. The number of rotatable bonds is 3. The van der Waals surface area contributed by atoms with E-state index in [4.69, 9.17) is 0 Å². The van der Waals surface area contributed by atoms with Crippen molar-refractivity contribution < 1.29 is 13.5 Å². The summed E-state index contributed by atoms with van der Waals surface area (Å²) in [6.07, 6.45) is 0.935. The van der Waals surface area contributed by atoms with Crippen molar-refractivity contribution in [1.82, 2.24) is 4.31 Å². The number of hydrogen-bond acceptors (Lipinski definition) is 3. The van der Waals surface area contributed by atoms with Crippen LogP contribution in [-0.2, 0) is 10.0 Å². The molecule has 0 saturated carbocycles. The Labute approximate surface area is 143 Å². The summed E-state index contributed by atoms with van der Waals surface area (Å²) in [7, 11) is -3.63. The third-order valence-electron chi connectivity index (χ3n) is 4.18. The summed E-state index contributed by atoms with van der Waals surface area (Å²) in [5, 5.41) is 10.2. The maximum absolute atomic E-state index is 12.9. The summed E-state index contributed by atoms with van der Waals surface area (Å²) in [5.41, 5.74) is 3.88. The predicted octanol–water partition coefficient (Wildman–Crippen LogP) is 2.75. The van der Waals surface area contributed by atoms with Gasteiger partial charge in [-0.2, -0.15) is 4.31 Å². The maximum atomic E-state index is 12.9. The Morgan fingerprint density at radius 1 is 1.04 bits per heavy atom. The maximum Gasteiger partial charge on any atom is 0.243 e. The van der Waals surface area contributed by atoms with E-state index in [1.165, 1.54) is 4.31 Å². The van der Waals surface area contributed by atoms with Crippen molar-refractivity contribution in [3.05, 3.63) is 71.3 Å². The molecule has 2 aromatic rings. The minimum Gasteiger partial charge on any atom is -0.388 e. The number of nitrogens with zero attached hydrogens (tertiary/aromatic N) is 1. The smallest absolute Gasteiger partial charge is 0.243 e.